The minimum absolute atomic E-state index is 0.231. The fourth-order valence-corrected chi connectivity index (χ4v) is 1.76. The summed E-state index contributed by atoms with van der Waals surface area (Å²) in [5.74, 6) is -0.231. The first-order chi connectivity index (χ1) is 7.84. The number of benzene rings is 1. The van der Waals surface area contributed by atoms with Gasteiger partial charge in [-0.15, -0.1) is 0 Å². The molecule has 2 aromatic rings. The van der Waals surface area contributed by atoms with Crippen LogP contribution in [0, 0.1) is 0 Å². The second-order valence-corrected chi connectivity index (χ2v) is 3.56. The SMILES string of the molecule is O=C1N=CNC1=Cc1c[nH]c2ccccc12. The van der Waals surface area contributed by atoms with Crippen molar-refractivity contribution in [3.63, 3.8) is 0 Å². The lowest BCUT2D eigenvalue weighted by molar-refractivity contribution is -0.114. The second kappa shape index (κ2) is 3.34. The molecule has 0 spiro atoms. The van der Waals surface area contributed by atoms with Crippen molar-refractivity contribution in [3.8, 4) is 0 Å². The fourth-order valence-electron chi connectivity index (χ4n) is 1.76. The molecule has 0 unspecified atom stereocenters. The predicted octanol–water partition coefficient (Wildman–Crippen LogP) is 1.67. The fraction of sp³-hybridized carbons (Fsp3) is 0. The number of aromatic nitrogens is 1. The molecule has 78 valence electrons. The van der Waals surface area contributed by atoms with Gasteiger partial charge in [-0.25, -0.2) is 0 Å². The van der Waals surface area contributed by atoms with E-state index in [4.69, 9.17) is 0 Å². The van der Waals surface area contributed by atoms with E-state index in [2.05, 4.69) is 15.3 Å². The normalized spacial score (nSPS) is 17.2. The van der Waals surface area contributed by atoms with Gasteiger partial charge in [0.25, 0.3) is 5.91 Å². The Kier molecular flexibility index (Phi) is 1.86. The van der Waals surface area contributed by atoms with Gasteiger partial charge in [-0.05, 0) is 12.1 Å². The van der Waals surface area contributed by atoms with Crippen molar-refractivity contribution >= 4 is 29.2 Å². The predicted molar refractivity (Wildman–Crippen MR) is 62.9 cm³/mol. The summed E-state index contributed by atoms with van der Waals surface area (Å²) in [6.45, 7) is 0. The van der Waals surface area contributed by atoms with Crippen molar-refractivity contribution in [2.75, 3.05) is 0 Å². The summed E-state index contributed by atoms with van der Waals surface area (Å²) >= 11 is 0. The highest BCUT2D eigenvalue weighted by Gasteiger charge is 2.12. The van der Waals surface area contributed by atoms with Crippen LogP contribution in [0.15, 0.2) is 41.2 Å². The molecule has 2 heterocycles. The lowest BCUT2D eigenvalue weighted by Crippen LogP contribution is -2.07. The van der Waals surface area contributed by atoms with Gasteiger partial charge in [0.2, 0.25) is 0 Å². The molecule has 4 heteroatoms. The molecule has 1 aromatic carbocycles. The van der Waals surface area contributed by atoms with Crippen molar-refractivity contribution in [1.82, 2.24) is 10.3 Å². The van der Waals surface area contributed by atoms with Crippen molar-refractivity contribution in [2.45, 2.75) is 0 Å². The maximum Gasteiger partial charge on any atom is 0.294 e. The Hall–Kier alpha value is -2.36. The van der Waals surface area contributed by atoms with Gasteiger partial charge in [-0.1, -0.05) is 18.2 Å². The van der Waals surface area contributed by atoms with E-state index in [1.54, 1.807) is 6.08 Å². The topological polar surface area (TPSA) is 57.2 Å². The van der Waals surface area contributed by atoms with Crippen LogP contribution < -0.4 is 5.32 Å². The van der Waals surface area contributed by atoms with Gasteiger partial charge in [0.05, 0.1) is 6.34 Å². The van der Waals surface area contributed by atoms with E-state index >= 15 is 0 Å². The molecule has 0 fully saturated rings. The summed E-state index contributed by atoms with van der Waals surface area (Å²) in [6, 6.07) is 7.95. The molecule has 1 aliphatic heterocycles. The monoisotopic (exact) mass is 211 g/mol. The smallest absolute Gasteiger partial charge is 0.294 e. The minimum atomic E-state index is -0.231. The molecule has 0 radical (unpaired) electrons. The van der Waals surface area contributed by atoms with E-state index in [9.17, 15) is 4.79 Å². The maximum absolute atomic E-state index is 11.3. The summed E-state index contributed by atoms with van der Waals surface area (Å²) in [5.41, 5.74) is 2.54. The van der Waals surface area contributed by atoms with Gasteiger partial charge in [-0.2, -0.15) is 4.99 Å². The summed E-state index contributed by atoms with van der Waals surface area (Å²) in [5, 5.41) is 3.91. The van der Waals surface area contributed by atoms with Crippen molar-refractivity contribution in [3.05, 3.63) is 41.7 Å². The van der Waals surface area contributed by atoms with Crippen LogP contribution in [-0.4, -0.2) is 17.2 Å². The average Bonchev–Trinajstić information content (AvgIpc) is 2.88. The van der Waals surface area contributed by atoms with E-state index in [0.29, 0.717) is 5.70 Å². The zero-order valence-electron chi connectivity index (χ0n) is 8.40. The highest BCUT2D eigenvalue weighted by atomic mass is 16.1. The van der Waals surface area contributed by atoms with Crippen molar-refractivity contribution < 1.29 is 4.79 Å². The van der Waals surface area contributed by atoms with Crippen LogP contribution in [0.1, 0.15) is 5.56 Å². The van der Waals surface area contributed by atoms with Crippen LogP contribution in [0.2, 0.25) is 0 Å². The summed E-state index contributed by atoms with van der Waals surface area (Å²) in [6.07, 6.45) is 5.09. The zero-order valence-corrected chi connectivity index (χ0v) is 8.40. The first kappa shape index (κ1) is 8.91. The Morgan fingerprint density at radius 1 is 1.25 bits per heavy atom. The van der Waals surface area contributed by atoms with E-state index in [0.717, 1.165) is 16.5 Å². The number of aromatic amines is 1. The number of hydrogen-bond acceptors (Lipinski definition) is 2. The second-order valence-electron chi connectivity index (χ2n) is 3.56. The van der Waals surface area contributed by atoms with Gasteiger partial charge < -0.3 is 10.3 Å². The van der Waals surface area contributed by atoms with Gasteiger partial charge in [0, 0.05) is 22.7 Å². The van der Waals surface area contributed by atoms with Crippen LogP contribution in [0.4, 0.5) is 0 Å². The van der Waals surface area contributed by atoms with Gasteiger partial charge in [0.1, 0.15) is 5.70 Å². The number of amides is 1. The van der Waals surface area contributed by atoms with Gasteiger partial charge in [0.15, 0.2) is 0 Å². The van der Waals surface area contributed by atoms with Crippen LogP contribution >= 0.6 is 0 Å². The quantitative estimate of drug-likeness (QED) is 0.705. The molecule has 1 aromatic heterocycles. The number of carbonyl (C=O) groups excluding carboxylic acids is 1. The molecular weight excluding hydrogens is 202 g/mol. The lowest BCUT2D eigenvalue weighted by atomic mass is 10.1. The maximum atomic E-state index is 11.3. The Morgan fingerprint density at radius 3 is 2.94 bits per heavy atom. The number of hydrogen-bond donors (Lipinski definition) is 2. The Morgan fingerprint density at radius 2 is 2.12 bits per heavy atom. The lowest BCUT2D eigenvalue weighted by Gasteiger charge is -1.94. The standard InChI is InChI=1S/C12H9N3O/c16-12-11(14-7-15-12)5-8-6-13-10-4-2-1-3-9(8)10/h1-7,13H,(H,14,15,16). The van der Waals surface area contributed by atoms with Gasteiger partial charge >= 0.3 is 0 Å². The molecule has 2 N–H and O–H groups in total. The minimum Gasteiger partial charge on any atom is -0.361 e. The molecule has 0 bridgehead atoms. The Bertz CT molecular complexity index is 622. The third-order valence-corrected chi connectivity index (χ3v) is 2.55. The molecule has 4 nitrogen and oxygen atoms in total. The van der Waals surface area contributed by atoms with Gasteiger partial charge in [-0.3, -0.25) is 4.79 Å². The molecule has 16 heavy (non-hydrogen) atoms. The van der Waals surface area contributed by atoms with Crippen molar-refractivity contribution in [2.24, 2.45) is 4.99 Å². The number of nitrogens with zero attached hydrogens (tertiary/aromatic N) is 1. The average molecular weight is 211 g/mol. The number of aliphatic imine (C=N–C) groups is 1. The van der Waals surface area contributed by atoms with E-state index < -0.39 is 0 Å². The highest BCUT2D eigenvalue weighted by molar-refractivity contribution is 6.08. The number of H-pyrrole nitrogens is 1. The number of carbonyl (C=O) groups is 1. The van der Waals surface area contributed by atoms with E-state index in [-0.39, 0.29) is 5.91 Å². The summed E-state index contributed by atoms with van der Waals surface area (Å²) in [4.78, 5) is 18.1. The molecule has 1 aliphatic rings. The third-order valence-electron chi connectivity index (χ3n) is 2.55. The molecule has 3 rings (SSSR count). The van der Waals surface area contributed by atoms with Crippen LogP contribution in [0.25, 0.3) is 17.0 Å². The molecular formula is C12H9N3O. The van der Waals surface area contributed by atoms with Crippen LogP contribution in [0.3, 0.4) is 0 Å². The molecule has 0 saturated heterocycles. The zero-order chi connectivity index (χ0) is 11.0. The molecule has 0 aliphatic carbocycles. The molecule has 0 saturated carbocycles. The third kappa shape index (κ3) is 1.32. The number of fused-ring (bicyclic) bond motifs is 1. The summed E-state index contributed by atoms with van der Waals surface area (Å²) in [7, 11) is 0. The largest absolute Gasteiger partial charge is 0.361 e. The molecule has 0 atom stereocenters. The summed E-state index contributed by atoms with van der Waals surface area (Å²) < 4.78 is 0. The van der Waals surface area contributed by atoms with E-state index in [1.807, 2.05) is 30.5 Å². The van der Waals surface area contributed by atoms with Crippen LogP contribution in [-0.2, 0) is 4.79 Å². The van der Waals surface area contributed by atoms with Crippen molar-refractivity contribution in [1.29, 1.82) is 0 Å². The Balaban J connectivity index is 2.10. The van der Waals surface area contributed by atoms with E-state index in [1.165, 1.54) is 6.34 Å². The Labute approximate surface area is 91.7 Å². The van der Waals surface area contributed by atoms with Crippen LogP contribution in [0.5, 0.6) is 0 Å². The molecule has 1 amide bonds. The first-order valence-electron chi connectivity index (χ1n) is 4.96. The highest BCUT2D eigenvalue weighted by Crippen LogP contribution is 2.20. The number of nitrogens with one attached hydrogen (secondary N) is 2. The first-order valence-corrected chi connectivity index (χ1v) is 4.96. The number of rotatable bonds is 1. The number of para-hydroxylation sites is 1.